The number of piperidine rings is 2. The summed E-state index contributed by atoms with van der Waals surface area (Å²) in [6, 6.07) is 20.8. The Hall–Kier alpha value is -7.24. The van der Waals surface area contributed by atoms with Crippen molar-refractivity contribution < 1.29 is 42.5 Å². The van der Waals surface area contributed by atoms with Crippen LogP contribution in [0.5, 0.6) is 11.5 Å². The van der Waals surface area contributed by atoms with Crippen LogP contribution >= 0.6 is 0 Å². The lowest BCUT2D eigenvalue weighted by atomic mass is 9.92. The summed E-state index contributed by atoms with van der Waals surface area (Å²) in [7, 11) is 1.51. The Bertz CT molecular complexity index is 2980. The van der Waals surface area contributed by atoms with Gasteiger partial charge in [-0.05, 0) is 174 Å². The van der Waals surface area contributed by atoms with Crippen LogP contribution in [0.4, 0.5) is 25.0 Å². The molecule has 0 unspecified atom stereocenters. The number of likely N-dealkylation sites (tertiary alicyclic amines) is 2. The highest BCUT2D eigenvalue weighted by molar-refractivity contribution is 6.07. The van der Waals surface area contributed by atoms with Gasteiger partial charge in [0, 0.05) is 53.9 Å². The van der Waals surface area contributed by atoms with Gasteiger partial charge in [0.15, 0.2) is 0 Å². The molecule has 71 heavy (non-hydrogen) atoms. The van der Waals surface area contributed by atoms with Crippen LogP contribution in [0.2, 0.25) is 0 Å². The molecule has 0 saturated carbocycles. The van der Waals surface area contributed by atoms with Crippen LogP contribution in [0, 0.1) is 30.4 Å². The van der Waals surface area contributed by atoms with Crippen molar-refractivity contribution in [2.45, 2.75) is 64.9 Å². The van der Waals surface area contributed by atoms with Gasteiger partial charge in [0.05, 0.1) is 36.3 Å². The molecule has 0 radical (unpaired) electrons. The number of aromatic nitrogens is 3. The zero-order valence-electron chi connectivity index (χ0n) is 40.3. The quantitative estimate of drug-likeness (QED) is 0.0823. The fraction of sp³-hybridized carbons (Fsp3) is 0.370. The van der Waals surface area contributed by atoms with E-state index in [0.29, 0.717) is 82.0 Å². The minimum atomic E-state index is -1.29. The molecule has 17 heteroatoms. The number of anilines is 2. The fourth-order valence-corrected chi connectivity index (χ4v) is 9.76. The number of rotatable bonds is 14. The number of hydrogen-bond donors (Lipinski definition) is 4. The number of H-pyrrole nitrogens is 1. The minimum Gasteiger partial charge on any atom is -0.495 e. The maximum absolute atomic E-state index is 15.2. The third-order valence-electron chi connectivity index (χ3n) is 14.1. The molecule has 5 amide bonds. The zero-order valence-corrected chi connectivity index (χ0v) is 40.3. The lowest BCUT2D eigenvalue weighted by Gasteiger charge is -2.35. The van der Waals surface area contributed by atoms with E-state index in [1.807, 2.05) is 35.2 Å². The Morgan fingerprint density at radius 3 is 2.34 bits per heavy atom. The Kier molecular flexibility index (Phi) is 14.2. The number of benzene rings is 4. The topological polar surface area (TPSA) is 182 Å². The zero-order chi connectivity index (χ0) is 50.0. The number of imide groups is 1. The molecule has 0 bridgehead atoms. The molecule has 0 spiro atoms. The summed E-state index contributed by atoms with van der Waals surface area (Å²) < 4.78 is 42.0. The number of fused-ring (bicyclic) bond motifs is 1. The first-order valence-electron chi connectivity index (χ1n) is 24.1. The number of carbonyl (C=O) groups excluding carboxylic acids is 4. The first kappa shape index (κ1) is 48.8. The van der Waals surface area contributed by atoms with Crippen molar-refractivity contribution in [3.05, 3.63) is 119 Å². The molecule has 3 aliphatic rings. The van der Waals surface area contributed by atoms with E-state index < -0.39 is 29.2 Å². The molecule has 9 rings (SSSR count). The third kappa shape index (κ3) is 10.9. The summed E-state index contributed by atoms with van der Waals surface area (Å²) in [5.41, 5.74) is 3.55. The molecule has 3 saturated heterocycles. The molecular formula is C54H58F2N8O7. The smallest absolute Gasteiger partial charge is 0.328 e. The van der Waals surface area contributed by atoms with Crippen molar-refractivity contribution in [2.75, 3.05) is 63.2 Å². The number of carbonyl (C=O) groups is 4. The van der Waals surface area contributed by atoms with Gasteiger partial charge in [0.2, 0.25) is 5.91 Å². The lowest BCUT2D eigenvalue weighted by molar-refractivity contribution is -0.120. The predicted octanol–water partition coefficient (Wildman–Crippen LogP) is 8.85. The molecule has 4 N–H and O–H groups in total. The number of nitrogens with zero attached hydrogens (tertiary/aromatic N) is 5. The first-order chi connectivity index (χ1) is 34.1. The van der Waals surface area contributed by atoms with Gasteiger partial charge in [0.1, 0.15) is 35.1 Å². The molecule has 6 aromatic rings. The average molecular weight is 969 g/mol. The van der Waals surface area contributed by atoms with Crippen molar-refractivity contribution in [1.29, 1.82) is 0 Å². The second-order valence-electron chi connectivity index (χ2n) is 19.3. The van der Waals surface area contributed by atoms with E-state index in [-0.39, 0.29) is 36.0 Å². The second kappa shape index (κ2) is 20.6. The van der Waals surface area contributed by atoms with Crippen LogP contribution in [-0.2, 0) is 10.4 Å². The highest BCUT2D eigenvalue weighted by Crippen LogP contribution is 2.37. The average Bonchev–Trinajstić information content (AvgIpc) is 3.81. The van der Waals surface area contributed by atoms with Crippen LogP contribution in [-0.4, -0.2) is 107 Å². The van der Waals surface area contributed by atoms with E-state index in [9.17, 15) is 24.3 Å². The maximum atomic E-state index is 15.2. The minimum absolute atomic E-state index is 0.0741. The first-order valence-corrected chi connectivity index (χ1v) is 24.1. The standard InChI is InChI=1S/C54H58F2N8O7/c1-32-41(27-38(55)28-44(32)60-51(66)40-11-8-37(26-43(40)56)54(2,3)69)49-42-29-45(59-50(42)58-31-57-49)35-5-9-39(10-6-35)71-30-34-14-20-62(21-15-34)19-13-33-16-22-63(23-17-33)52(67)36-7-12-47(70-4)46(25-36)64-24-18-48(65)61-53(64)68/h5-12,25-29,31,33-34,69H,13-24,30H2,1-4H3,(H,60,66)(H,57,58,59)(H,61,65,68). The molecular weight excluding hydrogens is 911 g/mol. The predicted molar refractivity (Wildman–Crippen MR) is 265 cm³/mol. The highest BCUT2D eigenvalue weighted by atomic mass is 19.1. The number of halogens is 2. The van der Waals surface area contributed by atoms with Gasteiger partial charge in [-0.1, -0.05) is 6.07 Å². The number of aliphatic hydroxyl groups is 1. The molecule has 5 heterocycles. The van der Waals surface area contributed by atoms with E-state index in [4.69, 9.17) is 9.47 Å². The van der Waals surface area contributed by atoms with Crippen molar-refractivity contribution >= 4 is 46.2 Å². The van der Waals surface area contributed by atoms with Gasteiger partial charge in [-0.15, -0.1) is 0 Å². The van der Waals surface area contributed by atoms with Gasteiger partial charge in [-0.25, -0.2) is 23.5 Å². The monoisotopic (exact) mass is 968 g/mol. The van der Waals surface area contributed by atoms with Gasteiger partial charge < -0.3 is 34.7 Å². The van der Waals surface area contributed by atoms with Crippen molar-refractivity contribution in [3.63, 3.8) is 0 Å². The summed E-state index contributed by atoms with van der Waals surface area (Å²) in [4.78, 5) is 69.2. The van der Waals surface area contributed by atoms with Crippen molar-refractivity contribution in [1.82, 2.24) is 30.1 Å². The normalized spacial score (nSPS) is 16.3. The van der Waals surface area contributed by atoms with E-state index in [1.165, 1.54) is 56.4 Å². The number of methoxy groups -OCH3 is 1. The fourth-order valence-electron chi connectivity index (χ4n) is 9.76. The molecule has 3 fully saturated rings. The van der Waals surface area contributed by atoms with Crippen LogP contribution < -0.4 is 25.0 Å². The Labute approximate surface area is 410 Å². The molecule has 15 nitrogen and oxygen atoms in total. The van der Waals surface area contributed by atoms with E-state index in [1.54, 1.807) is 25.1 Å². The number of hydrogen-bond acceptors (Lipinski definition) is 10. The van der Waals surface area contributed by atoms with E-state index in [0.717, 1.165) is 74.8 Å². The molecule has 2 aromatic heterocycles. The molecule has 0 aliphatic carbocycles. The van der Waals surface area contributed by atoms with Crippen LogP contribution in [0.3, 0.4) is 0 Å². The Balaban J connectivity index is 0.740. The summed E-state index contributed by atoms with van der Waals surface area (Å²) in [5, 5.41) is 15.9. The van der Waals surface area contributed by atoms with Gasteiger partial charge in [-0.3, -0.25) is 24.6 Å². The van der Waals surface area contributed by atoms with Gasteiger partial charge in [0.25, 0.3) is 11.8 Å². The van der Waals surface area contributed by atoms with Crippen molar-refractivity contribution in [2.24, 2.45) is 11.8 Å². The summed E-state index contributed by atoms with van der Waals surface area (Å²) in [6.07, 6.45) is 6.65. The SMILES string of the molecule is COc1ccc(C(=O)N2CCC(CCN3CCC(COc4ccc(-c5cc6c(-c7cc(F)cc(NC(=O)c8ccc(C(C)(C)O)cc8F)c7C)ncnc6[nH]5)cc4)CC3)CC2)cc1N1CCC(=O)NC1=O. The molecule has 0 atom stereocenters. The van der Waals surface area contributed by atoms with Crippen LogP contribution in [0.15, 0.2) is 85.2 Å². The van der Waals surface area contributed by atoms with Gasteiger partial charge in [-0.2, -0.15) is 0 Å². The number of aromatic amines is 1. The summed E-state index contributed by atoms with van der Waals surface area (Å²) in [5.74, 6) is -0.351. The molecule has 3 aliphatic heterocycles. The number of ether oxygens (including phenoxy) is 2. The molecule has 370 valence electrons. The Morgan fingerprint density at radius 1 is 0.887 bits per heavy atom. The third-order valence-corrected chi connectivity index (χ3v) is 14.1. The van der Waals surface area contributed by atoms with E-state index in [2.05, 4.69) is 30.5 Å². The van der Waals surface area contributed by atoms with E-state index >= 15 is 8.78 Å². The largest absolute Gasteiger partial charge is 0.495 e. The number of nitrogens with one attached hydrogen (secondary N) is 3. The maximum Gasteiger partial charge on any atom is 0.328 e. The lowest BCUT2D eigenvalue weighted by Crippen LogP contribution is -2.49. The van der Waals surface area contributed by atoms with Crippen molar-refractivity contribution in [3.8, 4) is 34.0 Å². The second-order valence-corrected chi connectivity index (χ2v) is 19.3. The number of amides is 5. The van der Waals surface area contributed by atoms with Crippen LogP contribution in [0.1, 0.15) is 84.2 Å². The number of urea groups is 1. The van der Waals surface area contributed by atoms with Gasteiger partial charge >= 0.3 is 6.03 Å². The summed E-state index contributed by atoms with van der Waals surface area (Å²) >= 11 is 0. The molecule has 4 aromatic carbocycles. The Morgan fingerprint density at radius 2 is 1.63 bits per heavy atom. The highest BCUT2D eigenvalue weighted by Gasteiger charge is 2.30. The summed E-state index contributed by atoms with van der Waals surface area (Å²) in [6.45, 7) is 10.0. The van der Waals surface area contributed by atoms with Crippen LogP contribution in [0.25, 0.3) is 33.5 Å².